The van der Waals surface area contributed by atoms with Crippen molar-refractivity contribution in [2.75, 3.05) is 13.2 Å². The van der Waals surface area contributed by atoms with Crippen molar-refractivity contribution in [3.8, 4) is 0 Å². The summed E-state index contributed by atoms with van der Waals surface area (Å²) in [5.41, 5.74) is 0. The predicted octanol–water partition coefficient (Wildman–Crippen LogP) is 3.05. The van der Waals surface area contributed by atoms with Gasteiger partial charge < -0.3 is 10.1 Å². The SMILES string of the molecule is CCOC(=O)CCCNC(C)c1ccc(C)s1. The minimum absolute atomic E-state index is 0.103. The second-order valence-electron chi connectivity index (χ2n) is 4.03. The zero-order chi connectivity index (χ0) is 12.7. The van der Waals surface area contributed by atoms with E-state index in [1.807, 2.05) is 18.3 Å². The van der Waals surface area contributed by atoms with Crippen LogP contribution in [0.5, 0.6) is 0 Å². The second-order valence-corrected chi connectivity index (χ2v) is 5.35. The molecule has 1 aromatic heterocycles. The summed E-state index contributed by atoms with van der Waals surface area (Å²) in [6, 6.07) is 4.65. The van der Waals surface area contributed by atoms with Gasteiger partial charge in [-0.25, -0.2) is 0 Å². The first kappa shape index (κ1) is 14.2. The first-order chi connectivity index (χ1) is 8.13. The van der Waals surface area contributed by atoms with E-state index in [2.05, 4.69) is 31.3 Å². The summed E-state index contributed by atoms with van der Waals surface area (Å²) in [4.78, 5) is 13.8. The van der Waals surface area contributed by atoms with Crippen LogP contribution >= 0.6 is 11.3 Å². The smallest absolute Gasteiger partial charge is 0.305 e. The number of esters is 1. The quantitative estimate of drug-likeness (QED) is 0.601. The number of thiophene rings is 1. The molecular weight excluding hydrogens is 234 g/mol. The van der Waals surface area contributed by atoms with Crippen molar-refractivity contribution in [1.82, 2.24) is 5.32 Å². The molecule has 4 heteroatoms. The van der Waals surface area contributed by atoms with Gasteiger partial charge in [0.15, 0.2) is 0 Å². The van der Waals surface area contributed by atoms with Crippen molar-refractivity contribution in [2.45, 2.75) is 39.7 Å². The molecule has 0 spiro atoms. The van der Waals surface area contributed by atoms with Crippen LogP contribution in [0.3, 0.4) is 0 Å². The number of nitrogens with one attached hydrogen (secondary N) is 1. The van der Waals surface area contributed by atoms with Crippen LogP contribution in [0.25, 0.3) is 0 Å². The normalized spacial score (nSPS) is 12.4. The van der Waals surface area contributed by atoms with Gasteiger partial charge in [0.05, 0.1) is 6.61 Å². The van der Waals surface area contributed by atoms with Gasteiger partial charge in [0.25, 0.3) is 0 Å². The number of carbonyl (C=O) groups is 1. The Morgan fingerprint density at radius 1 is 1.53 bits per heavy atom. The molecule has 0 aromatic carbocycles. The molecule has 1 atom stereocenters. The van der Waals surface area contributed by atoms with Crippen LogP contribution < -0.4 is 5.32 Å². The van der Waals surface area contributed by atoms with E-state index in [4.69, 9.17) is 4.74 Å². The maximum Gasteiger partial charge on any atom is 0.305 e. The van der Waals surface area contributed by atoms with Crippen LogP contribution in [0.4, 0.5) is 0 Å². The largest absolute Gasteiger partial charge is 0.466 e. The number of hydrogen-bond acceptors (Lipinski definition) is 4. The monoisotopic (exact) mass is 255 g/mol. The second kappa shape index (κ2) is 7.45. The first-order valence-corrected chi connectivity index (χ1v) is 6.90. The average Bonchev–Trinajstić information content (AvgIpc) is 2.71. The highest BCUT2D eigenvalue weighted by atomic mass is 32.1. The van der Waals surface area contributed by atoms with Gasteiger partial charge in [-0.2, -0.15) is 0 Å². The van der Waals surface area contributed by atoms with Crippen LogP contribution in [-0.2, 0) is 9.53 Å². The Kier molecular flexibility index (Phi) is 6.22. The maximum absolute atomic E-state index is 11.1. The molecule has 3 nitrogen and oxygen atoms in total. The summed E-state index contributed by atoms with van der Waals surface area (Å²) in [5.74, 6) is -0.103. The minimum Gasteiger partial charge on any atom is -0.466 e. The molecule has 0 saturated carbocycles. The van der Waals surface area contributed by atoms with Crippen LogP contribution in [0.15, 0.2) is 12.1 Å². The molecule has 1 rings (SSSR count). The van der Waals surface area contributed by atoms with E-state index in [-0.39, 0.29) is 5.97 Å². The first-order valence-electron chi connectivity index (χ1n) is 6.08. The topological polar surface area (TPSA) is 38.3 Å². The summed E-state index contributed by atoms with van der Waals surface area (Å²) in [5, 5.41) is 3.41. The van der Waals surface area contributed by atoms with E-state index in [1.54, 1.807) is 0 Å². The van der Waals surface area contributed by atoms with E-state index in [0.29, 0.717) is 19.1 Å². The van der Waals surface area contributed by atoms with Crippen molar-refractivity contribution >= 4 is 17.3 Å². The minimum atomic E-state index is -0.103. The fourth-order valence-corrected chi connectivity index (χ4v) is 2.48. The van der Waals surface area contributed by atoms with Crippen LogP contribution in [0, 0.1) is 6.92 Å². The van der Waals surface area contributed by atoms with Gasteiger partial charge in [-0.15, -0.1) is 11.3 Å². The van der Waals surface area contributed by atoms with Crippen molar-refractivity contribution in [3.05, 3.63) is 21.9 Å². The summed E-state index contributed by atoms with van der Waals surface area (Å²) < 4.78 is 4.87. The highest BCUT2D eigenvalue weighted by molar-refractivity contribution is 7.12. The summed E-state index contributed by atoms with van der Waals surface area (Å²) in [7, 11) is 0. The van der Waals surface area contributed by atoms with Gasteiger partial charge in [-0.3, -0.25) is 4.79 Å². The third-order valence-corrected chi connectivity index (χ3v) is 3.68. The van der Waals surface area contributed by atoms with E-state index in [0.717, 1.165) is 13.0 Å². The van der Waals surface area contributed by atoms with Crippen LogP contribution in [0.2, 0.25) is 0 Å². The molecular formula is C13H21NO2S. The average molecular weight is 255 g/mol. The molecule has 1 heterocycles. The standard InChI is InChI=1S/C13H21NO2S/c1-4-16-13(15)6-5-9-14-11(3)12-8-7-10(2)17-12/h7-8,11,14H,4-6,9H2,1-3H3. The Bertz CT molecular complexity index is 349. The molecule has 1 aromatic rings. The lowest BCUT2D eigenvalue weighted by Gasteiger charge is -2.11. The van der Waals surface area contributed by atoms with Gasteiger partial charge in [0.1, 0.15) is 0 Å². The molecule has 1 unspecified atom stereocenters. The summed E-state index contributed by atoms with van der Waals surface area (Å²) in [6.07, 6.45) is 1.32. The highest BCUT2D eigenvalue weighted by Crippen LogP contribution is 2.22. The molecule has 0 aliphatic carbocycles. The molecule has 0 radical (unpaired) electrons. The molecule has 17 heavy (non-hydrogen) atoms. The Balaban J connectivity index is 2.16. The Morgan fingerprint density at radius 2 is 2.29 bits per heavy atom. The van der Waals surface area contributed by atoms with Crippen LogP contribution in [0.1, 0.15) is 42.5 Å². The van der Waals surface area contributed by atoms with Gasteiger partial charge in [0.2, 0.25) is 0 Å². The van der Waals surface area contributed by atoms with Crippen molar-refractivity contribution in [1.29, 1.82) is 0 Å². The number of hydrogen-bond donors (Lipinski definition) is 1. The van der Waals surface area contributed by atoms with E-state index in [1.165, 1.54) is 9.75 Å². The number of aryl methyl sites for hydroxylation is 1. The third-order valence-electron chi connectivity index (χ3n) is 2.50. The van der Waals surface area contributed by atoms with Crippen molar-refractivity contribution < 1.29 is 9.53 Å². The number of rotatable bonds is 7. The molecule has 0 saturated heterocycles. The zero-order valence-corrected chi connectivity index (χ0v) is 11.6. The summed E-state index contributed by atoms with van der Waals surface area (Å²) in [6.45, 7) is 7.41. The van der Waals surface area contributed by atoms with Crippen molar-refractivity contribution in [2.24, 2.45) is 0 Å². The molecule has 0 aliphatic rings. The molecule has 0 amide bonds. The predicted molar refractivity (Wildman–Crippen MR) is 71.3 cm³/mol. The van der Waals surface area contributed by atoms with E-state index in [9.17, 15) is 4.79 Å². The lowest BCUT2D eigenvalue weighted by molar-refractivity contribution is -0.143. The fraction of sp³-hybridized carbons (Fsp3) is 0.615. The van der Waals surface area contributed by atoms with Crippen LogP contribution in [-0.4, -0.2) is 19.1 Å². The van der Waals surface area contributed by atoms with Gasteiger partial charge in [-0.05, 0) is 45.9 Å². The zero-order valence-electron chi connectivity index (χ0n) is 10.8. The highest BCUT2D eigenvalue weighted by Gasteiger charge is 2.07. The van der Waals surface area contributed by atoms with Gasteiger partial charge in [0, 0.05) is 22.2 Å². The Hall–Kier alpha value is -0.870. The number of carbonyl (C=O) groups excluding carboxylic acids is 1. The number of ether oxygens (including phenoxy) is 1. The Morgan fingerprint density at radius 3 is 2.88 bits per heavy atom. The van der Waals surface area contributed by atoms with E-state index < -0.39 is 0 Å². The van der Waals surface area contributed by atoms with Gasteiger partial charge in [-0.1, -0.05) is 0 Å². The molecule has 96 valence electrons. The van der Waals surface area contributed by atoms with Gasteiger partial charge >= 0.3 is 5.97 Å². The lowest BCUT2D eigenvalue weighted by atomic mass is 10.2. The molecule has 0 bridgehead atoms. The summed E-state index contributed by atoms with van der Waals surface area (Å²) >= 11 is 1.81. The maximum atomic E-state index is 11.1. The Labute approximate surface area is 107 Å². The molecule has 0 fully saturated rings. The third kappa shape index (κ3) is 5.33. The van der Waals surface area contributed by atoms with Crippen molar-refractivity contribution in [3.63, 3.8) is 0 Å². The molecule has 1 N–H and O–H groups in total. The fourth-order valence-electron chi connectivity index (χ4n) is 1.57. The lowest BCUT2D eigenvalue weighted by Crippen LogP contribution is -2.20. The molecule has 0 aliphatic heterocycles. The van der Waals surface area contributed by atoms with E-state index >= 15 is 0 Å².